The van der Waals surface area contributed by atoms with Gasteiger partial charge >= 0.3 is 0 Å². The van der Waals surface area contributed by atoms with Crippen molar-refractivity contribution in [2.24, 2.45) is 0 Å². The van der Waals surface area contributed by atoms with Crippen molar-refractivity contribution in [3.8, 4) is 0 Å². The summed E-state index contributed by atoms with van der Waals surface area (Å²) < 4.78 is 0. The van der Waals surface area contributed by atoms with E-state index in [9.17, 15) is 0 Å². The van der Waals surface area contributed by atoms with Gasteiger partial charge in [-0.2, -0.15) is 0 Å². The minimum absolute atomic E-state index is 1.06. The second-order valence-electron chi connectivity index (χ2n) is 4.13. The van der Waals surface area contributed by atoms with Crippen LogP contribution in [-0.4, -0.2) is 0 Å². The van der Waals surface area contributed by atoms with E-state index < -0.39 is 0 Å². The lowest BCUT2D eigenvalue weighted by molar-refractivity contribution is 1.53. The summed E-state index contributed by atoms with van der Waals surface area (Å²) >= 11 is 0. The molecule has 0 amide bonds. The van der Waals surface area contributed by atoms with Gasteiger partial charge in [-0.25, -0.2) is 0 Å². The van der Waals surface area contributed by atoms with Crippen molar-refractivity contribution >= 4 is 16.9 Å². The summed E-state index contributed by atoms with van der Waals surface area (Å²) in [6.07, 6.45) is 5.56. The fourth-order valence-corrected chi connectivity index (χ4v) is 1.87. The molecule has 0 aliphatic heterocycles. The topological polar surface area (TPSA) is 12.0 Å². The van der Waals surface area contributed by atoms with E-state index in [4.69, 9.17) is 0 Å². The van der Waals surface area contributed by atoms with Crippen molar-refractivity contribution in [3.63, 3.8) is 0 Å². The van der Waals surface area contributed by atoms with Crippen molar-refractivity contribution in [2.45, 2.75) is 0 Å². The highest BCUT2D eigenvalue weighted by Crippen LogP contribution is 2.22. The molecule has 0 unspecified atom stereocenters. The highest BCUT2D eigenvalue weighted by molar-refractivity contribution is 5.77. The number of rotatable bonds is 5. The average Bonchev–Trinajstić information content (AvgIpc) is 2.46. The molecule has 0 spiro atoms. The van der Waals surface area contributed by atoms with E-state index in [0.29, 0.717) is 0 Å². The predicted octanol–water partition coefficient (Wildman–Crippen LogP) is 5.19. The molecule has 0 saturated carbocycles. The summed E-state index contributed by atoms with van der Waals surface area (Å²) in [4.78, 5) is 0. The van der Waals surface area contributed by atoms with Crippen LogP contribution in [0, 0.1) is 0 Å². The van der Waals surface area contributed by atoms with Crippen molar-refractivity contribution in [2.75, 3.05) is 5.32 Å². The maximum absolute atomic E-state index is 3.83. The molecule has 1 heteroatoms. The maximum Gasteiger partial charge on any atom is 0.0390 e. The molecule has 2 aromatic rings. The predicted molar refractivity (Wildman–Crippen MR) is 84.5 cm³/mol. The Morgan fingerprint density at radius 3 is 2.32 bits per heavy atom. The van der Waals surface area contributed by atoms with Gasteiger partial charge in [0, 0.05) is 11.4 Å². The average molecular weight is 247 g/mol. The van der Waals surface area contributed by atoms with Gasteiger partial charge in [-0.15, -0.1) is 0 Å². The Bertz CT molecular complexity index is 594. The molecule has 19 heavy (non-hydrogen) atoms. The second kappa shape index (κ2) is 6.41. The zero-order chi connectivity index (χ0) is 13.5. The fraction of sp³-hybridized carbons (Fsp3) is 0. The molecule has 0 radical (unpaired) electrons. The van der Waals surface area contributed by atoms with Gasteiger partial charge in [-0.05, 0) is 35.4 Å². The monoisotopic (exact) mass is 247 g/mol. The SMILES string of the molecule is C=C/C=C(\C=C)c1cccc(Nc2ccccc2)c1. The summed E-state index contributed by atoms with van der Waals surface area (Å²) in [7, 11) is 0. The molecule has 0 aromatic heterocycles. The Labute approximate surface area is 114 Å². The highest BCUT2D eigenvalue weighted by atomic mass is 14.9. The Morgan fingerprint density at radius 1 is 0.895 bits per heavy atom. The largest absolute Gasteiger partial charge is 0.356 e. The van der Waals surface area contributed by atoms with Crippen LogP contribution in [0.15, 0.2) is 86.0 Å². The first-order valence-corrected chi connectivity index (χ1v) is 6.21. The van der Waals surface area contributed by atoms with Gasteiger partial charge in [0.1, 0.15) is 0 Å². The molecule has 1 N–H and O–H groups in total. The molecule has 0 aliphatic carbocycles. The number of allylic oxidation sites excluding steroid dienone is 4. The molecule has 94 valence electrons. The second-order valence-corrected chi connectivity index (χ2v) is 4.13. The molecule has 2 aromatic carbocycles. The zero-order valence-electron chi connectivity index (χ0n) is 10.8. The van der Waals surface area contributed by atoms with E-state index in [1.165, 1.54) is 0 Å². The van der Waals surface area contributed by atoms with Crippen molar-refractivity contribution in [1.82, 2.24) is 0 Å². The van der Waals surface area contributed by atoms with Crippen LogP contribution >= 0.6 is 0 Å². The molecule has 0 heterocycles. The number of para-hydroxylation sites is 1. The van der Waals surface area contributed by atoms with Crippen LogP contribution < -0.4 is 5.32 Å². The lowest BCUT2D eigenvalue weighted by Gasteiger charge is -2.08. The number of benzene rings is 2. The van der Waals surface area contributed by atoms with Gasteiger partial charge < -0.3 is 5.32 Å². The lowest BCUT2D eigenvalue weighted by atomic mass is 10.0. The number of nitrogens with one attached hydrogen (secondary N) is 1. The fourth-order valence-electron chi connectivity index (χ4n) is 1.87. The van der Waals surface area contributed by atoms with Crippen molar-refractivity contribution in [3.05, 3.63) is 91.5 Å². The Balaban J connectivity index is 2.27. The summed E-state index contributed by atoms with van der Waals surface area (Å²) in [5.74, 6) is 0. The summed E-state index contributed by atoms with van der Waals surface area (Å²) in [6, 6.07) is 18.4. The molecule has 0 bridgehead atoms. The molecular weight excluding hydrogens is 230 g/mol. The van der Waals surface area contributed by atoms with Crippen LogP contribution in [0.25, 0.3) is 5.57 Å². The van der Waals surface area contributed by atoms with Crippen LogP contribution in [-0.2, 0) is 0 Å². The van der Waals surface area contributed by atoms with Gasteiger partial charge in [0.25, 0.3) is 0 Å². The van der Waals surface area contributed by atoms with Gasteiger partial charge in [-0.1, -0.05) is 61.7 Å². The molecule has 0 fully saturated rings. The van der Waals surface area contributed by atoms with E-state index in [-0.39, 0.29) is 0 Å². The van der Waals surface area contributed by atoms with Crippen LogP contribution in [0.5, 0.6) is 0 Å². The van der Waals surface area contributed by atoms with Gasteiger partial charge in [0.2, 0.25) is 0 Å². The number of anilines is 2. The van der Waals surface area contributed by atoms with Crippen LogP contribution in [0.3, 0.4) is 0 Å². The Hall–Kier alpha value is -2.54. The Morgan fingerprint density at radius 2 is 1.63 bits per heavy atom. The molecule has 2 rings (SSSR count). The first-order valence-electron chi connectivity index (χ1n) is 6.21. The molecule has 0 aliphatic rings. The quantitative estimate of drug-likeness (QED) is 0.717. The maximum atomic E-state index is 3.83. The first-order chi connectivity index (χ1) is 9.33. The third-order valence-electron chi connectivity index (χ3n) is 2.78. The van der Waals surface area contributed by atoms with Crippen LogP contribution in [0.2, 0.25) is 0 Å². The zero-order valence-corrected chi connectivity index (χ0v) is 10.8. The molecule has 1 nitrogen and oxygen atoms in total. The molecule has 0 atom stereocenters. The first kappa shape index (κ1) is 12.9. The standard InChI is InChI=1S/C18H17N/c1-3-9-15(4-2)16-10-8-13-18(14-16)19-17-11-6-5-7-12-17/h3-14,19H,1-2H2/b15-9+. The van der Waals surface area contributed by atoms with E-state index in [1.54, 1.807) is 6.08 Å². The van der Waals surface area contributed by atoms with Crippen LogP contribution in [0.1, 0.15) is 5.56 Å². The third kappa shape index (κ3) is 3.46. The van der Waals surface area contributed by atoms with Gasteiger partial charge in [-0.3, -0.25) is 0 Å². The van der Waals surface area contributed by atoms with E-state index in [1.807, 2.05) is 54.6 Å². The molecular formula is C18H17N. The minimum Gasteiger partial charge on any atom is -0.356 e. The normalized spacial score (nSPS) is 10.8. The van der Waals surface area contributed by atoms with Crippen molar-refractivity contribution in [1.29, 1.82) is 0 Å². The smallest absolute Gasteiger partial charge is 0.0390 e. The van der Waals surface area contributed by atoms with E-state index in [2.05, 4.69) is 30.6 Å². The van der Waals surface area contributed by atoms with Gasteiger partial charge in [0.15, 0.2) is 0 Å². The third-order valence-corrected chi connectivity index (χ3v) is 2.78. The van der Waals surface area contributed by atoms with Crippen molar-refractivity contribution < 1.29 is 0 Å². The Kier molecular flexibility index (Phi) is 4.35. The summed E-state index contributed by atoms with van der Waals surface area (Å²) in [5, 5.41) is 3.38. The van der Waals surface area contributed by atoms with Gasteiger partial charge in [0.05, 0.1) is 0 Å². The molecule has 0 saturated heterocycles. The van der Waals surface area contributed by atoms with Crippen LogP contribution in [0.4, 0.5) is 11.4 Å². The minimum atomic E-state index is 1.06. The van der Waals surface area contributed by atoms with E-state index in [0.717, 1.165) is 22.5 Å². The lowest BCUT2D eigenvalue weighted by Crippen LogP contribution is -1.90. The number of hydrogen-bond donors (Lipinski definition) is 1. The highest BCUT2D eigenvalue weighted by Gasteiger charge is 1.99. The summed E-state index contributed by atoms with van der Waals surface area (Å²) in [5.41, 5.74) is 4.32. The van der Waals surface area contributed by atoms with E-state index >= 15 is 0 Å². The number of hydrogen-bond acceptors (Lipinski definition) is 1. The summed E-state index contributed by atoms with van der Waals surface area (Å²) in [6.45, 7) is 7.56.